The van der Waals surface area contributed by atoms with Gasteiger partial charge in [-0.15, -0.1) is 0 Å². The zero-order valence-corrected chi connectivity index (χ0v) is 54.7. The minimum Gasteiger partial charge on any atom is -0.481 e. The number of hydrogen-bond donors (Lipinski definition) is 5. The number of carboxylic acids is 1. The normalized spacial score (nSPS) is 13.5. The average molecular weight is 1280 g/mol. The van der Waals surface area contributed by atoms with Gasteiger partial charge in [0, 0.05) is 54.1 Å². The lowest BCUT2D eigenvalue weighted by Crippen LogP contribution is -2.41. The Kier molecular flexibility index (Phi) is 19.5. The first-order valence-electron chi connectivity index (χ1n) is 27.5. The number of aliphatic carboxylic acids is 1. The number of carbonyl (C=O) groups is 1. The lowest BCUT2D eigenvalue weighted by Gasteiger charge is -2.32. The maximum Gasteiger partial charge on any atom is 0.500 e. The summed E-state index contributed by atoms with van der Waals surface area (Å²) in [5.41, 5.74) is 29.3. The molecule has 20 nitrogen and oxygen atoms in total. The van der Waals surface area contributed by atoms with E-state index in [9.17, 15) is 4.79 Å². The second-order valence-electron chi connectivity index (χ2n) is 22.9. The molecule has 0 bridgehead atoms. The van der Waals surface area contributed by atoms with Crippen molar-refractivity contribution in [2.45, 2.75) is 162 Å². The van der Waals surface area contributed by atoms with E-state index in [1.54, 1.807) is 13.8 Å². The Morgan fingerprint density at radius 2 is 0.881 bits per heavy atom. The van der Waals surface area contributed by atoms with Crippen LogP contribution >= 0.6 is 31.9 Å². The van der Waals surface area contributed by atoms with Gasteiger partial charge in [0.15, 0.2) is 0 Å². The van der Waals surface area contributed by atoms with Crippen molar-refractivity contribution in [2.75, 3.05) is 11.5 Å². The molecule has 1 saturated heterocycles. The Bertz CT molecular complexity index is 3850. The van der Waals surface area contributed by atoms with Gasteiger partial charge >= 0.3 is 13.1 Å². The van der Waals surface area contributed by atoms with Gasteiger partial charge in [-0.1, -0.05) is 67.3 Å². The molecular formula is C61H76BBr2N11O9. The van der Waals surface area contributed by atoms with E-state index in [-0.39, 0.29) is 24.2 Å². The Morgan fingerprint density at radius 1 is 0.524 bits per heavy atom. The molecule has 0 radical (unpaired) electrons. The fraction of sp³-hybridized carbons (Fsp3) is 0.410. The Morgan fingerprint density at radius 3 is 1.25 bits per heavy atom. The van der Waals surface area contributed by atoms with E-state index in [1.807, 2.05) is 109 Å². The number of H-pyrrole nitrogens is 2. The van der Waals surface area contributed by atoms with Gasteiger partial charge in [-0.25, -0.2) is 9.97 Å². The second-order valence-corrected chi connectivity index (χ2v) is 24.6. The molecule has 1 fully saturated rings. The van der Waals surface area contributed by atoms with Crippen molar-refractivity contribution in [3.8, 4) is 44.5 Å². The predicted octanol–water partition coefficient (Wildman–Crippen LogP) is 15.2. The van der Waals surface area contributed by atoms with Crippen LogP contribution in [0.15, 0.2) is 68.0 Å². The molecule has 23 heteroatoms. The molecule has 0 aliphatic carbocycles. The van der Waals surface area contributed by atoms with Crippen LogP contribution in [0.25, 0.3) is 66.6 Å². The van der Waals surface area contributed by atoms with Gasteiger partial charge in [-0.05, 0) is 182 Å². The van der Waals surface area contributed by atoms with Crippen molar-refractivity contribution in [1.82, 2.24) is 45.7 Å². The fourth-order valence-electron chi connectivity index (χ4n) is 9.38. The number of imidazole rings is 2. The van der Waals surface area contributed by atoms with Crippen LogP contribution < -0.4 is 16.9 Å². The maximum absolute atomic E-state index is 9.70. The molecule has 8 heterocycles. The highest BCUT2D eigenvalue weighted by atomic mass is 79.9. The summed E-state index contributed by atoms with van der Waals surface area (Å²) in [6.07, 6.45) is 0. The van der Waals surface area contributed by atoms with E-state index in [4.69, 9.17) is 53.5 Å². The Hall–Kier alpha value is -7.34. The lowest BCUT2D eigenvalue weighted by molar-refractivity contribution is -0.140. The van der Waals surface area contributed by atoms with Gasteiger partial charge in [0.1, 0.15) is 46.0 Å². The van der Waals surface area contributed by atoms with E-state index in [0.29, 0.717) is 23.2 Å². The Labute approximate surface area is 506 Å². The number of nitrogens with two attached hydrogens (primary N) is 2. The standard InChI is InChI=1S/C20H22N4O2.C15H16BrN3O.C11H18BNO3.C11H12BrN3O.C4H8O2/c1-9(2)20-21-16-8-14(17-10(3)23-25-12(17)5)7-15(19(16)22-20)18-11(4)24-26-13(18)6;1-7(2)15-17-12-6-10(5-11(16)14(12)18-15)13-8(3)19-20-9(13)4;1-7-9(8(2)14-13-7)12-15-10(3,4)11(5,6)16-12;1-5-10(6(2)16-15-5)7-3-8(12)11(14)9(13)4-7;1-3(2)4(5)6/h7-9H,1-6H3,(H,21,22);5-7H,1-4H3,(H,17,18);1-6H3;3-4H,13-14H2,1-2H3;3H,1-2H3,(H,5,6). The van der Waals surface area contributed by atoms with E-state index in [1.165, 1.54) is 0 Å². The van der Waals surface area contributed by atoms with Crippen molar-refractivity contribution in [1.29, 1.82) is 0 Å². The van der Waals surface area contributed by atoms with Crippen molar-refractivity contribution in [3.63, 3.8) is 0 Å². The number of nitrogens with one attached hydrogen (secondary N) is 2. The predicted molar refractivity (Wildman–Crippen MR) is 335 cm³/mol. The number of nitrogen functional groups attached to an aromatic ring is 2. The highest BCUT2D eigenvalue weighted by Crippen LogP contribution is 2.41. The maximum atomic E-state index is 9.70. The zero-order valence-electron chi connectivity index (χ0n) is 51.5. The molecule has 1 aliphatic rings. The highest BCUT2D eigenvalue weighted by molar-refractivity contribution is 9.11. The molecule has 11 rings (SSSR count). The van der Waals surface area contributed by atoms with Crippen molar-refractivity contribution in [3.05, 3.63) is 114 Å². The summed E-state index contributed by atoms with van der Waals surface area (Å²) in [7, 11) is -0.378. The van der Waals surface area contributed by atoms with Crippen LogP contribution in [0.3, 0.4) is 0 Å². The SMILES string of the molecule is CC(C)C(=O)O.Cc1noc(C)c1-c1cc(-c2c(C)noc2C)c2nc(C(C)C)[nH]c2c1.Cc1noc(C)c1-c1cc(Br)c2nc(C(C)C)[nH]c2c1.Cc1noc(C)c1-c1cc(N)c(N)c(Br)c1.Cc1noc(C)c1B1OC(C)(C)C(C)(C)O1. The number of hydrogen-bond acceptors (Lipinski definition) is 17. The Balaban J connectivity index is 0.000000158. The number of aryl methyl sites for hydroxylation is 10. The first kappa shape index (κ1) is 64.2. The monoisotopic (exact) mass is 1280 g/mol. The molecule has 1 aliphatic heterocycles. The van der Waals surface area contributed by atoms with Gasteiger partial charge in [-0.3, -0.25) is 4.79 Å². The number of aromatic amines is 2. The first-order valence-corrected chi connectivity index (χ1v) is 29.1. The summed E-state index contributed by atoms with van der Waals surface area (Å²) < 4.78 is 40.0. The summed E-state index contributed by atoms with van der Waals surface area (Å²) in [4.78, 5) is 26.0. The van der Waals surface area contributed by atoms with Gasteiger partial charge in [0.05, 0.1) is 73.5 Å². The number of fused-ring (bicyclic) bond motifs is 2. The summed E-state index contributed by atoms with van der Waals surface area (Å²) >= 11 is 6.99. The van der Waals surface area contributed by atoms with Crippen LogP contribution in [0.5, 0.6) is 0 Å². The average Bonchev–Trinajstić information content (AvgIpc) is 3.80. The summed E-state index contributed by atoms with van der Waals surface area (Å²) in [6, 6.07) is 12.2. The largest absolute Gasteiger partial charge is 0.500 e. The highest BCUT2D eigenvalue weighted by Gasteiger charge is 2.53. The number of nitrogens with zero attached hydrogens (tertiary/aromatic N) is 7. The molecule has 0 amide bonds. The molecule has 0 saturated carbocycles. The van der Waals surface area contributed by atoms with Crippen LogP contribution in [-0.2, 0) is 14.1 Å². The van der Waals surface area contributed by atoms with Crippen molar-refractivity contribution < 1.29 is 41.8 Å². The molecular weight excluding hydrogens is 1200 g/mol. The number of aromatic nitrogens is 9. The number of benzene rings is 3. The van der Waals surface area contributed by atoms with Crippen LogP contribution in [0.4, 0.5) is 11.4 Å². The third kappa shape index (κ3) is 13.6. The molecule has 0 spiro atoms. The van der Waals surface area contributed by atoms with E-state index in [2.05, 4.69) is 125 Å². The third-order valence-corrected chi connectivity index (χ3v) is 16.0. The molecule has 10 aromatic rings. The molecule has 0 atom stereocenters. The molecule has 3 aromatic carbocycles. The van der Waals surface area contributed by atoms with Crippen LogP contribution in [0.1, 0.15) is 150 Å². The van der Waals surface area contributed by atoms with Crippen molar-refractivity contribution in [2.24, 2.45) is 5.92 Å². The molecule has 7 aromatic heterocycles. The van der Waals surface area contributed by atoms with Crippen LogP contribution in [-0.4, -0.2) is 75.1 Å². The molecule has 446 valence electrons. The van der Waals surface area contributed by atoms with E-state index >= 15 is 0 Å². The summed E-state index contributed by atoms with van der Waals surface area (Å²) in [5.74, 6) is 5.62. The minimum atomic E-state index is -0.741. The first-order chi connectivity index (χ1) is 39.2. The summed E-state index contributed by atoms with van der Waals surface area (Å²) in [6.45, 7) is 39.1. The fourth-order valence-corrected chi connectivity index (χ4v) is 10.4. The molecule has 0 unspecified atom stereocenters. The topological polar surface area (TPSA) is 295 Å². The van der Waals surface area contributed by atoms with Crippen LogP contribution in [0.2, 0.25) is 0 Å². The van der Waals surface area contributed by atoms with Gasteiger partial charge in [0.2, 0.25) is 0 Å². The van der Waals surface area contributed by atoms with E-state index in [0.717, 1.165) is 150 Å². The lowest BCUT2D eigenvalue weighted by atomic mass is 9.77. The third-order valence-electron chi connectivity index (χ3n) is 14.8. The number of halogens is 2. The van der Waals surface area contributed by atoms with Gasteiger partial charge in [0.25, 0.3) is 0 Å². The second kappa shape index (κ2) is 25.5. The minimum absolute atomic E-state index is 0.231. The van der Waals surface area contributed by atoms with Gasteiger partial charge < -0.3 is 58.5 Å². The summed E-state index contributed by atoms with van der Waals surface area (Å²) in [5, 5.41) is 28.1. The van der Waals surface area contributed by atoms with Crippen molar-refractivity contribution >= 4 is 83.9 Å². The van der Waals surface area contributed by atoms with Gasteiger partial charge in [-0.2, -0.15) is 0 Å². The zero-order chi connectivity index (χ0) is 62.2. The molecule has 7 N–H and O–H groups in total. The van der Waals surface area contributed by atoms with E-state index < -0.39 is 5.97 Å². The molecule has 84 heavy (non-hydrogen) atoms. The number of carboxylic acid groups (broad SMARTS) is 1. The smallest absolute Gasteiger partial charge is 0.481 e. The quantitative estimate of drug-likeness (QED) is 0.0697. The van der Waals surface area contributed by atoms with Crippen LogP contribution in [0, 0.1) is 75.2 Å². The number of anilines is 2. The number of rotatable bonds is 8.